The number of ether oxygens (including phenoxy) is 2. The van der Waals surface area contributed by atoms with Gasteiger partial charge in [-0.2, -0.15) is 0 Å². The molecule has 0 saturated heterocycles. The number of carbonyl (C=O) groups is 2. The van der Waals surface area contributed by atoms with Crippen LogP contribution in [0.5, 0.6) is 11.5 Å². The largest absolute Gasteiger partial charge is 0.493 e. The summed E-state index contributed by atoms with van der Waals surface area (Å²) in [7, 11) is 3.43. The van der Waals surface area contributed by atoms with E-state index in [1.165, 1.54) is 18.1 Å². The predicted octanol–water partition coefficient (Wildman–Crippen LogP) is 4.20. The Morgan fingerprint density at radius 2 is 1.93 bits per heavy atom. The summed E-state index contributed by atoms with van der Waals surface area (Å²) >= 11 is 0. The van der Waals surface area contributed by atoms with Crippen molar-refractivity contribution in [2.45, 2.75) is 38.6 Å². The first-order valence-electron chi connectivity index (χ1n) is 9.66. The molecule has 1 aliphatic carbocycles. The monoisotopic (exact) mass is 381 g/mol. The van der Waals surface area contributed by atoms with Crippen LogP contribution in [0.15, 0.2) is 42.5 Å². The minimum absolute atomic E-state index is 0.0213. The molecule has 5 heteroatoms. The summed E-state index contributed by atoms with van der Waals surface area (Å²) in [6, 6.07) is 13.7. The Morgan fingerprint density at radius 1 is 1.14 bits per heavy atom. The Balaban J connectivity index is 1.50. The molecule has 0 spiro atoms. The van der Waals surface area contributed by atoms with Gasteiger partial charge in [-0.1, -0.05) is 24.3 Å². The van der Waals surface area contributed by atoms with Gasteiger partial charge in [0.2, 0.25) is 5.91 Å². The Morgan fingerprint density at radius 3 is 2.68 bits per heavy atom. The number of carbonyl (C=O) groups excluding carboxylic acids is 2. The van der Waals surface area contributed by atoms with Crippen LogP contribution in [-0.4, -0.2) is 37.4 Å². The van der Waals surface area contributed by atoms with Gasteiger partial charge in [0.05, 0.1) is 19.8 Å². The molecular weight excluding hydrogens is 354 g/mol. The second-order valence-corrected chi connectivity index (χ2v) is 7.13. The number of fused-ring (bicyclic) bond motifs is 1. The fraction of sp³-hybridized carbons (Fsp3) is 0.391. The third-order valence-corrected chi connectivity index (χ3v) is 5.32. The van der Waals surface area contributed by atoms with Gasteiger partial charge in [-0.05, 0) is 55.5 Å². The summed E-state index contributed by atoms with van der Waals surface area (Å²) in [6.45, 7) is 1.93. The van der Waals surface area contributed by atoms with Gasteiger partial charge in [0.25, 0.3) is 0 Å². The van der Waals surface area contributed by atoms with Gasteiger partial charge < -0.3 is 14.4 Å². The minimum atomic E-state index is -0.0213. The third-order valence-electron chi connectivity index (χ3n) is 5.32. The molecule has 148 valence electrons. The third kappa shape index (κ3) is 4.35. The maximum absolute atomic E-state index is 12.6. The number of hydrogen-bond acceptors (Lipinski definition) is 4. The van der Waals surface area contributed by atoms with Crippen molar-refractivity contribution < 1.29 is 19.1 Å². The average molecular weight is 381 g/mol. The number of benzene rings is 2. The molecule has 2 aromatic rings. The van der Waals surface area contributed by atoms with Crippen molar-refractivity contribution in [1.82, 2.24) is 4.90 Å². The normalized spacial score (nSPS) is 15.0. The van der Waals surface area contributed by atoms with E-state index in [-0.39, 0.29) is 17.7 Å². The lowest BCUT2D eigenvalue weighted by Gasteiger charge is -2.25. The summed E-state index contributed by atoms with van der Waals surface area (Å²) in [5, 5.41) is 0. The van der Waals surface area contributed by atoms with Gasteiger partial charge in [-0.25, -0.2) is 0 Å². The second-order valence-electron chi connectivity index (χ2n) is 7.13. The van der Waals surface area contributed by atoms with E-state index in [0.717, 1.165) is 12.8 Å². The zero-order valence-corrected chi connectivity index (χ0v) is 16.7. The number of hydrogen-bond donors (Lipinski definition) is 0. The number of nitrogens with zero attached hydrogens (tertiary/aromatic N) is 1. The highest BCUT2D eigenvalue weighted by Crippen LogP contribution is 2.35. The van der Waals surface area contributed by atoms with E-state index in [4.69, 9.17) is 9.47 Å². The molecule has 0 radical (unpaired) electrons. The van der Waals surface area contributed by atoms with Crippen LogP contribution in [0, 0.1) is 0 Å². The van der Waals surface area contributed by atoms with E-state index < -0.39 is 0 Å². The van der Waals surface area contributed by atoms with Crippen LogP contribution < -0.4 is 9.47 Å². The molecule has 1 atom stereocenters. The lowest BCUT2D eigenvalue weighted by atomic mass is 10.1. The molecule has 5 nitrogen and oxygen atoms in total. The van der Waals surface area contributed by atoms with Gasteiger partial charge in [0.1, 0.15) is 0 Å². The Bertz CT molecular complexity index is 861. The van der Waals surface area contributed by atoms with E-state index in [1.54, 1.807) is 25.3 Å². The van der Waals surface area contributed by atoms with E-state index in [9.17, 15) is 9.59 Å². The van der Waals surface area contributed by atoms with Crippen molar-refractivity contribution in [2.75, 3.05) is 20.8 Å². The molecule has 3 rings (SSSR count). The summed E-state index contributed by atoms with van der Waals surface area (Å²) in [4.78, 5) is 25.9. The fourth-order valence-corrected chi connectivity index (χ4v) is 3.70. The number of Topliss-reactive ketones (excluding diaryl/α,β-unsaturated/α-hetero) is 1. The van der Waals surface area contributed by atoms with Gasteiger partial charge in [-0.3, -0.25) is 9.59 Å². The van der Waals surface area contributed by atoms with Crippen molar-refractivity contribution in [3.63, 3.8) is 0 Å². The molecule has 0 fully saturated rings. The van der Waals surface area contributed by atoms with Crippen molar-refractivity contribution >= 4 is 11.7 Å². The molecule has 0 N–H and O–H groups in total. The summed E-state index contributed by atoms with van der Waals surface area (Å²) in [5.74, 6) is 1.22. The van der Waals surface area contributed by atoms with E-state index in [1.807, 2.05) is 18.0 Å². The van der Waals surface area contributed by atoms with Crippen LogP contribution in [0.1, 0.15) is 53.7 Å². The average Bonchev–Trinajstić information content (AvgIpc) is 3.14. The number of amides is 1. The minimum Gasteiger partial charge on any atom is -0.493 e. The molecular formula is C23H27NO4. The molecule has 0 bridgehead atoms. The fourth-order valence-electron chi connectivity index (χ4n) is 3.70. The number of ketones is 1. The van der Waals surface area contributed by atoms with Crippen LogP contribution in [0.4, 0.5) is 0 Å². The molecule has 2 aromatic carbocycles. The number of methoxy groups -OCH3 is 1. The van der Waals surface area contributed by atoms with Crippen molar-refractivity contribution in [3.8, 4) is 11.5 Å². The predicted molar refractivity (Wildman–Crippen MR) is 108 cm³/mol. The zero-order chi connectivity index (χ0) is 20.1. The molecule has 0 heterocycles. The topological polar surface area (TPSA) is 55.8 Å². The quantitative estimate of drug-likeness (QED) is 0.508. The lowest BCUT2D eigenvalue weighted by Crippen LogP contribution is -2.30. The highest BCUT2D eigenvalue weighted by molar-refractivity contribution is 5.94. The SMILES string of the molecule is COc1cc(C(C)=O)ccc1OCCCC(=O)N(C)C1CCc2ccccc21. The zero-order valence-electron chi connectivity index (χ0n) is 16.7. The van der Waals surface area contributed by atoms with Crippen LogP contribution in [-0.2, 0) is 11.2 Å². The molecule has 0 saturated carbocycles. The smallest absolute Gasteiger partial charge is 0.222 e. The summed E-state index contributed by atoms with van der Waals surface area (Å²) < 4.78 is 11.1. The van der Waals surface area contributed by atoms with E-state index >= 15 is 0 Å². The van der Waals surface area contributed by atoms with Gasteiger partial charge in [0.15, 0.2) is 17.3 Å². The molecule has 0 aromatic heterocycles. The van der Waals surface area contributed by atoms with E-state index in [0.29, 0.717) is 36.5 Å². The summed E-state index contributed by atoms with van der Waals surface area (Å²) in [6.07, 6.45) is 3.06. The van der Waals surface area contributed by atoms with Crippen LogP contribution in [0.3, 0.4) is 0 Å². The molecule has 1 aliphatic rings. The first-order chi connectivity index (χ1) is 13.5. The van der Waals surface area contributed by atoms with Gasteiger partial charge in [-0.15, -0.1) is 0 Å². The number of aryl methyl sites for hydroxylation is 1. The highest BCUT2D eigenvalue weighted by Gasteiger charge is 2.27. The first-order valence-corrected chi connectivity index (χ1v) is 9.66. The standard InChI is InChI=1S/C23H27NO4/c1-16(25)18-11-13-21(22(15-18)27-3)28-14-6-9-23(26)24(2)20-12-10-17-7-4-5-8-19(17)20/h4-5,7-8,11,13,15,20H,6,9-10,12,14H2,1-3H3. The maximum atomic E-state index is 12.6. The van der Waals surface area contributed by atoms with Crippen LogP contribution >= 0.6 is 0 Å². The van der Waals surface area contributed by atoms with Gasteiger partial charge in [0, 0.05) is 19.0 Å². The van der Waals surface area contributed by atoms with Crippen molar-refractivity contribution in [3.05, 3.63) is 59.2 Å². The maximum Gasteiger partial charge on any atom is 0.222 e. The first kappa shape index (κ1) is 19.9. The lowest BCUT2D eigenvalue weighted by molar-refractivity contribution is -0.132. The van der Waals surface area contributed by atoms with Crippen LogP contribution in [0.25, 0.3) is 0 Å². The Kier molecular flexibility index (Phi) is 6.34. The van der Waals surface area contributed by atoms with Gasteiger partial charge >= 0.3 is 0 Å². The highest BCUT2D eigenvalue weighted by atomic mass is 16.5. The van der Waals surface area contributed by atoms with Crippen molar-refractivity contribution in [2.24, 2.45) is 0 Å². The molecule has 1 amide bonds. The Hall–Kier alpha value is -2.82. The van der Waals surface area contributed by atoms with E-state index in [2.05, 4.69) is 18.2 Å². The molecule has 28 heavy (non-hydrogen) atoms. The summed E-state index contributed by atoms with van der Waals surface area (Å²) in [5.41, 5.74) is 3.19. The molecule has 0 aliphatic heterocycles. The van der Waals surface area contributed by atoms with Crippen LogP contribution in [0.2, 0.25) is 0 Å². The second kappa shape index (κ2) is 8.91. The molecule has 1 unspecified atom stereocenters. The Labute approximate surface area is 166 Å². The number of rotatable bonds is 8. The van der Waals surface area contributed by atoms with Crippen molar-refractivity contribution in [1.29, 1.82) is 0 Å².